The van der Waals surface area contributed by atoms with Crippen molar-refractivity contribution in [1.82, 2.24) is 9.78 Å². The van der Waals surface area contributed by atoms with Crippen LogP contribution >= 0.6 is 23.2 Å². The van der Waals surface area contributed by atoms with Gasteiger partial charge in [0.1, 0.15) is 4.90 Å². The SMILES string of the molecule is Cc1nn(Cc2ccc(Cl)cc2Cl)c(C)c1S(N)(=O)=O. The smallest absolute Gasteiger partial charge is 0.241 e. The van der Waals surface area contributed by atoms with Crippen LogP contribution in [0, 0.1) is 13.8 Å². The van der Waals surface area contributed by atoms with E-state index in [1.807, 2.05) is 0 Å². The van der Waals surface area contributed by atoms with Gasteiger partial charge in [0.2, 0.25) is 10.0 Å². The Labute approximate surface area is 127 Å². The van der Waals surface area contributed by atoms with E-state index in [2.05, 4.69) is 5.10 Å². The number of hydrogen-bond acceptors (Lipinski definition) is 3. The first-order valence-corrected chi connectivity index (χ1v) is 8.01. The van der Waals surface area contributed by atoms with Crippen LogP contribution in [-0.2, 0) is 16.6 Å². The van der Waals surface area contributed by atoms with Gasteiger partial charge in [-0.15, -0.1) is 0 Å². The summed E-state index contributed by atoms with van der Waals surface area (Å²) >= 11 is 11.9. The van der Waals surface area contributed by atoms with Crippen molar-refractivity contribution in [3.8, 4) is 0 Å². The topological polar surface area (TPSA) is 78.0 Å². The average molecular weight is 334 g/mol. The molecule has 0 saturated heterocycles. The lowest BCUT2D eigenvalue weighted by Crippen LogP contribution is -2.14. The molecule has 1 heterocycles. The fraction of sp³-hybridized carbons (Fsp3) is 0.250. The van der Waals surface area contributed by atoms with Crippen molar-refractivity contribution in [3.63, 3.8) is 0 Å². The maximum atomic E-state index is 11.5. The van der Waals surface area contributed by atoms with Gasteiger partial charge in [-0.3, -0.25) is 4.68 Å². The van der Waals surface area contributed by atoms with Gasteiger partial charge in [-0.05, 0) is 31.5 Å². The normalized spacial score (nSPS) is 11.8. The van der Waals surface area contributed by atoms with E-state index in [-0.39, 0.29) is 4.90 Å². The first-order valence-electron chi connectivity index (χ1n) is 5.71. The van der Waals surface area contributed by atoms with Gasteiger partial charge in [0.15, 0.2) is 0 Å². The molecule has 0 radical (unpaired) electrons. The van der Waals surface area contributed by atoms with Gasteiger partial charge in [-0.1, -0.05) is 29.3 Å². The summed E-state index contributed by atoms with van der Waals surface area (Å²) in [6.45, 7) is 3.61. The lowest BCUT2D eigenvalue weighted by atomic mass is 10.2. The van der Waals surface area contributed by atoms with Crippen LogP contribution in [-0.4, -0.2) is 18.2 Å². The number of rotatable bonds is 3. The number of nitrogens with two attached hydrogens (primary N) is 1. The number of halogens is 2. The molecule has 1 aromatic carbocycles. The Balaban J connectivity index is 2.46. The largest absolute Gasteiger partial charge is 0.264 e. The number of hydrogen-bond donors (Lipinski definition) is 1. The van der Waals surface area contributed by atoms with E-state index in [0.717, 1.165) is 5.56 Å². The number of sulfonamides is 1. The van der Waals surface area contributed by atoms with Crippen molar-refractivity contribution in [3.05, 3.63) is 45.2 Å². The first-order chi connectivity index (χ1) is 9.20. The number of nitrogens with zero attached hydrogens (tertiary/aromatic N) is 2. The van der Waals surface area contributed by atoms with Crippen molar-refractivity contribution < 1.29 is 8.42 Å². The lowest BCUT2D eigenvalue weighted by molar-refractivity contribution is 0.595. The molecule has 2 aromatic rings. The number of primary sulfonamides is 1. The van der Waals surface area contributed by atoms with Gasteiger partial charge in [0, 0.05) is 10.0 Å². The Bertz CT molecular complexity index is 769. The fourth-order valence-electron chi connectivity index (χ4n) is 2.06. The third kappa shape index (κ3) is 2.98. The second kappa shape index (κ2) is 5.37. The predicted octanol–water partition coefficient (Wildman–Crippen LogP) is 2.50. The van der Waals surface area contributed by atoms with Gasteiger partial charge in [0.25, 0.3) is 0 Å². The van der Waals surface area contributed by atoms with E-state index in [9.17, 15) is 8.42 Å². The van der Waals surface area contributed by atoms with Gasteiger partial charge in [-0.25, -0.2) is 13.6 Å². The van der Waals surface area contributed by atoms with Gasteiger partial charge in [-0.2, -0.15) is 5.10 Å². The molecule has 0 spiro atoms. The molecule has 0 aliphatic carbocycles. The molecule has 0 amide bonds. The lowest BCUT2D eigenvalue weighted by Gasteiger charge is -2.07. The summed E-state index contributed by atoms with van der Waals surface area (Å²) in [5, 5.41) is 10.4. The highest BCUT2D eigenvalue weighted by Gasteiger charge is 2.21. The van der Waals surface area contributed by atoms with E-state index < -0.39 is 10.0 Å². The summed E-state index contributed by atoms with van der Waals surface area (Å²) in [6, 6.07) is 5.12. The van der Waals surface area contributed by atoms with Crippen LogP contribution in [0.2, 0.25) is 10.0 Å². The Morgan fingerprint density at radius 2 is 1.95 bits per heavy atom. The summed E-state index contributed by atoms with van der Waals surface area (Å²) in [5.41, 5.74) is 1.65. The highest BCUT2D eigenvalue weighted by atomic mass is 35.5. The molecular formula is C12H13Cl2N3O2S. The maximum Gasteiger partial charge on any atom is 0.241 e. The molecule has 20 heavy (non-hydrogen) atoms. The van der Waals surface area contributed by atoms with E-state index in [1.54, 1.807) is 36.7 Å². The van der Waals surface area contributed by atoms with E-state index >= 15 is 0 Å². The molecule has 0 saturated carbocycles. The van der Waals surface area contributed by atoms with E-state index in [1.165, 1.54) is 0 Å². The standard InChI is InChI=1S/C12H13Cl2N3O2S/c1-7-12(20(15,18)19)8(2)17(16-7)6-9-3-4-10(13)5-11(9)14/h3-5H,6H2,1-2H3,(H2,15,18,19). The zero-order valence-corrected chi connectivity index (χ0v) is 13.2. The van der Waals surface area contributed by atoms with Crippen LogP contribution in [0.4, 0.5) is 0 Å². The van der Waals surface area contributed by atoms with Crippen LogP contribution in [0.3, 0.4) is 0 Å². The monoisotopic (exact) mass is 333 g/mol. The van der Waals surface area contributed by atoms with Gasteiger partial charge >= 0.3 is 0 Å². The second-order valence-corrected chi connectivity index (χ2v) is 6.78. The summed E-state index contributed by atoms with van der Waals surface area (Å²) in [5.74, 6) is 0. The van der Waals surface area contributed by atoms with Crippen LogP contribution in [0.1, 0.15) is 17.0 Å². The highest BCUT2D eigenvalue weighted by molar-refractivity contribution is 7.89. The van der Waals surface area contributed by atoms with Crippen molar-refractivity contribution in [2.45, 2.75) is 25.3 Å². The third-order valence-corrected chi connectivity index (χ3v) is 4.68. The summed E-state index contributed by atoms with van der Waals surface area (Å²) in [7, 11) is -3.79. The first kappa shape index (κ1) is 15.3. The molecule has 0 aliphatic heterocycles. The summed E-state index contributed by atoms with van der Waals surface area (Å²) in [4.78, 5) is 0.0579. The molecule has 5 nitrogen and oxygen atoms in total. The minimum atomic E-state index is -3.79. The van der Waals surface area contributed by atoms with Crippen LogP contribution in [0.15, 0.2) is 23.1 Å². The molecular weight excluding hydrogens is 321 g/mol. The molecule has 1 aromatic heterocycles. The quantitative estimate of drug-likeness (QED) is 0.937. The van der Waals surface area contributed by atoms with Crippen LogP contribution in [0.5, 0.6) is 0 Å². The number of benzene rings is 1. The molecule has 0 aliphatic rings. The molecule has 108 valence electrons. The van der Waals surface area contributed by atoms with Crippen LogP contribution < -0.4 is 5.14 Å². The third-order valence-electron chi connectivity index (χ3n) is 2.93. The Morgan fingerprint density at radius 1 is 1.30 bits per heavy atom. The van der Waals surface area contributed by atoms with Gasteiger partial charge in [0.05, 0.1) is 17.9 Å². The maximum absolute atomic E-state index is 11.5. The zero-order valence-electron chi connectivity index (χ0n) is 10.9. The molecule has 0 atom stereocenters. The molecule has 8 heteroatoms. The minimum Gasteiger partial charge on any atom is -0.264 e. The van der Waals surface area contributed by atoms with Gasteiger partial charge < -0.3 is 0 Å². The van der Waals surface area contributed by atoms with E-state index in [0.29, 0.717) is 28.0 Å². The second-order valence-electron chi connectivity index (χ2n) is 4.44. The molecule has 0 unspecified atom stereocenters. The van der Waals surface area contributed by atoms with Crippen molar-refractivity contribution in [1.29, 1.82) is 0 Å². The molecule has 2 N–H and O–H groups in total. The van der Waals surface area contributed by atoms with Crippen molar-refractivity contribution in [2.24, 2.45) is 5.14 Å². The minimum absolute atomic E-state index is 0.0579. The molecule has 0 fully saturated rings. The average Bonchev–Trinajstić information content (AvgIpc) is 2.57. The number of aryl methyl sites for hydroxylation is 1. The van der Waals surface area contributed by atoms with Crippen LogP contribution in [0.25, 0.3) is 0 Å². The molecule has 0 bridgehead atoms. The Kier molecular flexibility index (Phi) is 4.11. The summed E-state index contributed by atoms with van der Waals surface area (Å²) < 4.78 is 24.6. The van der Waals surface area contributed by atoms with Crippen molar-refractivity contribution in [2.75, 3.05) is 0 Å². The predicted molar refractivity (Wildman–Crippen MR) is 78.6 cm³/mol. The highest BCUT2D eigenvalue weighted by Crippen LogP contribution is 2.24. The Morgan fingerprint density at radius 3 is 2.45 bits per heavy atom. The summed E-state index contributed by atoms with van der Waals surface area (Å²) in [6.07, 6.45) is 0. The Hall–Kier alpha value is -1.08. The molecule has 2 rings (SSSR count). The number of aromatic nitrogens is 2. The van der Waals surface area contributed by atoms with Crippen molar-refractivity contribution >= 4 is 33.2 Å². The fourth-order valence-corrected chi connectivity index (χ4v) is 3.50. The van der Waals surface area contributed by atoms with E-state index in [4.69, 9.17) is 28.3 Å². The zero-order chi connectivity index (χ0) is 15.1.